The molecule has 288 valence electrons. The number of rotatable bonds is 5. The Bertz CT molecular complexity index is 3770. The zero-order valence-electron chi connectivity index (χ0n) is 33.3. The smallest absolute Gasteiger partial charge is 0.164 e. The van der Waals surface area contributed by atoms with Crippen LogP contribution in [-0.4, -0.2) is 19.5 Å². The van der Waals surface area contributed by atoms with Gasteiger partial charge in [0.25, 0.3) is 0 Å². The molecule has 0 saturated carbocycles. The van der Waals surface area contributed by atoms with Crippen LogP contribution in [0.4, 0.5) is 0 Å². The highest BCUT2D eigenvalue weighted by molar-refractivity contribution is 6.18. The molecule has 13 aromatic rings. The number of aromatic nitrogens is 4. The number of furan rings is 1. The normalized spacial score (nSPS) is 11.9. The average molecular weight is 791 g/mol. The highest BCUT2D eigenvalue weighted by Crippen LogP contribution is 2.43. The van der Waals surface area contributed by atoms with Crippen LogP contribution in [0.25, 0.3) is 127 Å². The molecule has 0 radical (unpaired) electrons. The lowest BCUT2D eigenvalue weighted by molar-refractivity contribution is 0.669. The van der Waals surface area contributed by atoms with E-state index in [0.29, 0.717) is 17.5 Å². The summed E-state index contributed by atoms with van der Waals surface area (Å²) >= 11 is 0. The minimum absolute atomic E-state index is 0.600. The third-order valence-electron chi connectivity index (χ3n) is 12.4. The Kier molecular flexibility index (Phi) is 7.54. The van der Waals surface area contributed by atoms with E-state index in [1.165, 1.54) is 54.1 Å². The third-order valence-corrected chi connectivity index (χ3v) is 12.4. The predicted molar refractivity (Wildman–Crippen MR) is 256 cm³/mol. The minimum Gasteiger partial charge on any atom is -0.456 e. The first-order valence-electron chi connectivity index (χ1n) is 20.9. The van der Waals surface area contributed by atoms with E-state index in [2.05, 4.69) is 138 Å². The Hall–Kier alpha value is -8.41. The SMILES string of the molecule is c1ccc(-c2nc(-c3ccccc3)nc(-c3cccc4oc5cc(-c6ccc(-n7c8cc9ccccc9cc8c8cc9ccccc9cc87)c7ccccc67)ccc5c34)n2)cc1. The van der Waals surface area contributed by atoms with Crippen LogP contribution in [0.1, 0.15) is 0 Å². The van der Waals surface area contributed by atoms with Crippen molar-refractivity contribution >= 4 is 76.1 Å². The van der Waals surface area contributed by atoms with Crippen molar-refractivity contribution in [3.05, 3.63) is 206 Å². The van der Waals surface area contributed by atoms with Gasteiger partial charge >= 0.3 is 0 Å². The zero-order valence-corrected chi connectivity index (χ0v) is 33.3. The van der Waals surface area contributed by atoms with Crippen LogP contribution in [0, 0.1) is 0 Å². The van der Waals surface area contributed by atoms with Crippen LogP contribution in [0.15, 0.2) is 211 Å². The fourth-order valence-corrected chi connectivity index (χ4v) is 9.49. The van der Waals surface area contributed by atoms with Gasteiger partial charge in [0, 0.05) is 43.6 Å². The van der Waals surface area contributed by atoms with Gasteiger partial charge in [-0.15, -0.1) is 0 Å². The molecule has 10 aromatic carbocycles. The second kappa shape index (κ2) is 13.6. The lowest BCUT2D eigenvalue weighted by atomic mass is 9.95. The summed E-state index contributed by atoms with van der Waals surface area (Å²) in [5.41, 5.74) is 10.1. The molecule has 0 unspecified atom stereocenters. The lowest BCUT2D eigenvalue weighted by Crippen LogP contribution is -2.00. The standard InChI is InChI=1S/C57H34N4O/c1-3-14-35(15-4-1)55-58-56(36-16-5-2-6-17-36)60-57(59-55)46-24-13-25-52-54(46)45-27-26-41(34-53(45)62-52)42-28-29-49(44-23-12-11-22-43(42)44)61-50-32-39-20-9-7-18-37(39)30-47(50)48-31-38-19-8-10-21-40(38)33-51(48)61/h1-34H. The van der Waals surface area contributed by atoms with Crippen molar-refractivity contribution in [3.63, 3.8) is 0 Å². The molecule has 0 aliphatic rings. The van der Waals surface area contributed by atoms with Crippen LogP contribution < -0.4 is 0 Å². The second-order valence-corrected chi connectivity index (χ2v) is 16.0. The summed E-state index contributed by atoms with van der Waals surface area (Å²) < 4.78 is 9.16. The third kappa shape index (κ3) is 5.38. The first kappa shape index (κ1) is 34.5. The Morgan fingerprint density at radius 1 is 0.323 bits per heavy atom. The highest BCUT2D eigenvalue weighted by Gasteiger charge is 2.21. The predicted octanol–water partition coefficient (Wildman–Crippen LogP) is 15.0. The van der Waals surface area contributed by atoms with Gasteiger partial charge in [0.2, 0.25) is 0 Å². The quantitative estimate of drug-likeness (QED) is 0.174. The van der Waals surface area contributed by atoms with Gasteiger partial charge in [-0.1, -0.05) is 158 Å². The van der Waals surface area contributed by atoms with E-state index in [-0.39, 0.29) is 0 Å². The van der Waals surface area contributed by atoms with Gasteiger partial charge < -0.3 is 8.98 Å². The first-order chi connectivity index (χ1) is 30.7. The van der Waals surface area contributed by atoms with Crippen molar-refractivity contribution in [1.29, 1.82) is 0 Å². The molecule has 0 amide bonds. The van der Waals surface area contributed by atoms with Crippen LogP contribution >= 0.6 is 0 Å². The number of fused-ring (bicyclic) bond motifs is 9. The maximum absolute atomic E-state index is 6.69. The van der Waals surface area contributed by atoms with Gasteiger partial charge in [-0.05, 0) is 86.6 Å². The van der Waals surface area contributed by atoms with Crippen LogP contribution in [0.2, 0.25) is 0 Å². The van der Waals surface area contributed by atoms with E-state index < -0.39 is 0 Å². The number of nitrogens with zero attached hydrogens (tertiary/aromatic N) is 4. The molecule has 3 aromatic heterocycles. The number of benzene rings is 10. The number of hydrogen-bond acceptors (Lipinski definition) is 4. The van der Waals surface area contributed by atoms with Crippen molar-refractivity contribution < 1.29 is 4.42 Å². The molecular weight excluding hydrogens is 757 g/mol. The molecule has 62 heavy (non-hydrogen) atoms. The van der Waals surface area contributed by atoms with Crippen LogP contribution in [0.3, 0.4) is 0 Å². The van der Waals surface area contributed by atoms with Gasteiger partial charge in [-0.3, -0.25) is 0 Å². The topological polar surface area (TPSA) is 56.7 Å². The van der Waals surface area contributed by atoms with Gasteiger partial charge in [0.15, 0.2) is 17.5 Å². The fraction of sp³-hybridized carbons (Fsp3) is 0. The summed E-state index contributed by atoms with van der Waals surface area (Å²) in [6.07, 6.45) is 0. The summed E-state index contributed by atoms with van der Waals surface area (Å²) in [4.78, 5) is 15.1. The van der Waals surface area contributed by atoms with Gasteiger partial charge in [0.1, 0.15) is 11.2 Å². The summed E-state index contributed by atoms with van der Waals surface area (Å²) in [6, 6.07) is 72.9. The molecule has 0 saturated heterocycles. The van der Waals surface area contributed by atoms with E-state index in [9.17, 15) is 0 Å². The monoisotopic (exact) mass is 790 g/mol. The maximum Gasteiger partial charge on any atom is 0.164 e. The van der Waals surface area contributed by atoms with Gasteiger partial charge in [-0.2, -0.15) is 0 Å². The molecule has 3 heterocycles. The molecule has 0 bridgehead atoms. The van der Waals surface area contributed by atoms with Crippen LogP contribution in [0.5, 0.6) is 0 Å². The molecule has 0 aliphatic carbocycles. The fourth-order valence-electron chi connectivity index (χ4n) is 9.49. The molecule has 5 nitrogen and oxygen atoms in total. The van der Waals surface area contributed by atoms with Crippen molar-refractivity contribution in [2.45, 2.75) is 0 Å². The molecule has 0 atom stereocenters. The zero-order chi connectivity index (χ0) is 40.7. The second-order valence-electron chi connectivity index (χ2n) is 16.0. The largest absolute Gasteiger partial charge is 0.456 e. The Morgan fingerprint density at radius 3 is 1.50 bits per heavy atom. The highest BCUT2D eigenvalue weighted by atomic mass is 16.3. The van der Waals surface area contributed by atoms with Crippen molar-refractivity contribution in [1.82, 2.24) is 19.5 Å². The van der Waals surface area contributed by atoms with Crippen molar-refractivity contribution in [3.8, 4) is 51.0 Å². The summed E-state index contributed by atoms with van der Waals surface area (Å²) in [5.74, 6) is 1.85. The Balaban J connectivity index is 0.985. The molecule has 5 heteroatoms. The Labute approximate surface area is 355 Å². The number of hydrogen-bond donors (Lipinski definition) is 0. The van der Waals surface area contributed by atoms with E-state index in [1.54, 1.807) is 0 Å². The van der Waals surface area contributed by atoms with Gasteiger partial charge in [0.05, 0.1) is 16.7 Å². The molecule has 13 rings (SSSR count). The average Bonchev–Trinajstić information content (AvgIpc) is 3.86. The maximum atomic E-state index is 6.69. The lowest BCUT2D eigenvalue weighted by Gasteiger charge is -2.15. The molecular formula is C57H34N4O. The summed E-state index contributed by atoms with van der Waals surface area (Å²) in [5, 5.41) is 11.7. The van der Waals surface area contributed by atoms with E-state index in [4.69, 9.17) is 19.4 Å². The Morgan fingerprint density at radius 2 is 0.871 bits per heavy atom. The van der Waals surface area contributed by atoms with Crippen molar-refractivity contribution in [2.24, 2.45) is 0 Å². The van der Waals surface area contributed by atoms with Crippen molar-refractivity contribution in [2.75, 3.05) is 0 Å². The summed E-state index contributed by atoms with van der Waals surface area (Å²) in [7, 11) is 0. The van der Waals surface area contributed by atoms with E-state index in [0.717, 1.165) is 55.4 Å². The molecule has 0 fully saturated rings. The van der Waals surface area contributed by atoms with E-state index >= 15 is 0 Å². The molecule has 0 N–H and O–H groups in total. The molecule has 0 aliphatic heterocycles. The van der Waals surface area contributed by atoms with Gasteiger partial charge in [-0.25, -0.2) is 15.0 Å². The van der Waals surface area contributed by atoms with Crippen LogP contribution in [-0.2, 0) is 0 Å². The van der Waals surface area contributed by atoms with E-state index in [1.807, 2.05) is 72.8 Å². The molecule has 0 spiro atoms. The minimum atomic E-state index is 0.600. The first-order valence-corrected chi connectivity index (χ1v) is 20.9. The summed E-state index contributed by atoms with van der Waals surface area (Å²) in [6.45, 7) is 0.